The van der Waals surface area contributed by atoms with E-state index in [9.17, 15) is 5.11 Å². The zero-order chi connectivity index (χ0) is 13.6. The van der Waals surface area contributed by atoms with Gasteiger partial charge in [-0.2, -0.15) is 0 Å². The molecule has 1 saturated heterocycles. The van der Waals surface area contributed by atoms with E-state index < -0.39 is 0 Å². The van der Waals surface area contributed by atoms with E-state index in [0.29, 0.717) is 0 Å². The molecule has 0 aromatic carbocycles. The van der Waals surface area contributed by atoms with Crippen LogP contribution in [0, 0.1) is 0 Å². The first-order valence-electron chi connectivity index (χ1n) is 8.64. The number of hydrogen-bond donors (Lipinski definition) is 1. The lowest BCUT2D eigenvalue weighted by Crippen LogP contribution is -2.29. The highest BCUT2D eigenvalue weighted by Crippen LogP contribution is 2.50. The Labute approximate surface area is 118 Å². The molecule has 0 spiro atoms. The molecule has 0 bridgehead atoms. The number of ether oxygens (including phenoxy) is 1. The summed E-state index contributed by atoms with van der Waals surface area (Å²) in [6, 6.07) is 0. The van der Waals surface area contributed by atoms with Crippen molar-refractivity contribution in [1.29, 1.82) is 0 Å². The van der Waals surface area contributed by atoms with Crippen molar-refractivity contribution in [2.24, 2.45) is 0 Å². The summed E-state index contributed by atoms with van der Waals surface area (Å²) in [7, 11) is 0. The molecule has 0 radical (unpaired) electrons. The van der Waals surface area contributed by atoms with Crippen LogP contribution in [0.25, 0.3) is 0 Å². The monoisotopic (exact) mass is 268 g/mol. The van der Waals surface area contributed by atoms with Crippen molar-refractivity contribution in [2.75, 3.05) is 0 Å². The lowest BCUT2D eigenvalue weighted by atomic mass is 9.83. The standard InChI is InChI=1S/C17H32O2/c1-2-3-4-5-6-7-8-9-10-13-17-14-11-12-15(18)16(17)19-17/h15-16,18H,2-14H2,1H3/t15-,16-,17+/m0/s1. The van der Waals surface area contributed by atoms with E-state index in [4.69, 9.17) is 4.74 Å². The lowest BCUT2D eigenvalue weighted by molar-refractivity contribution is 0.122. The van der Waals surface area contributed by atoms with Crippen LogP contribution in [0.5, 0.6) is 0 Å². The third kappa shape index (κ3) is 4.46. The quantitative estimate of drug-likeness (QED) is 0.464. The largest absolute Gasteiger partial charge is 0.390 e. The first-order valence-corrected chi connectivity index (χ1v) is 8.64. The second-order valence-electron chi connectivity index (χ2n) is 6.64. The Kier molecular flexibility index (Phi) is 6.15. The Hall–Kier alpha value is -0.0800. The molecule has 2 rings (SSSR count). The number of aliphatic hydroxyl groups is 1. The number of rotatable bonds is 10. The molecule has 1 aliphatic heterocycles. The number of unbranched alkanes of at least 4 members (excludes halogenated alkanes) is 8. The molecule has 19 heavy (non-hydrogen) atoms. The average molecular weight is 268 g/mol. The van der Waals surface area contributed by atoms with E-state index in [-0.39, 0.29) is 17.8 Å². The number of epoxide rings is 1. The van der Waals surface area contributed by atoms with Crippen LogP contribution in [0.15, 0.2) is 0 Å². The summed E-state index contributed by atoms with van der Waals surface area (Å²) in [6.45, 7) is 2.27. The summed E-state index contributed by atoms with van der Waals surface area (Å²) >= 11 is 0. The summed E-state index contributed by atoms with van der Waals surface area (Å²) < 4.78 is 5.80. The minimum absolute atomic E-state index is 0.110. The van der Waals surface area contributed by atoms with Gasteiger partial charge in [-0.05, 0) is 25.7 Å². The van der Waals surface area contributed by atoms with Gasteiger partial charge >= 0.3 is 0 Å². The summed E-state index contributed by atoms with van der Waals surface area (Å²) in [6.07, 6.45) is 16.9. The van der Waals surface area contributed by atoms with E-state index in [1.165, 1.54) is 70.6 Å². The molecule has 0 aromatic rings. The van der Waals surface area contributed by atoms with Gasteiger partial charge in [0.05, 0.1) is 11.7 Å². The molecule has 1 heterocycles. The van der Waals surface area contributed by atoms with Crippen LogP contribution in [0.2, 0.25) is 0 Å². The van der Waals surface area contributed by atoms with E-state index in [1.54, 1.807) is 0 Å². The number of aliphatic hydroxyl groups excluding tert-OH is 1. The van der Waals surface area contributed by atoms with Gasteiger partial charge in [-0.1, -0.05) is 64.7 Å². The van der Waals surface area contributed by atoms with Gasteiger partial charge in [0, 0.05) is 0 Å². The maximum atomic E-state index is 9.80. The van der Waals surface area contributed by atoms with Gasteiger partial charge in [-0.25, -0.2) is 0 Å². The van der Waals surface area contributed by atoms with Crippen LogP contribution in [-0.4, -0.2) is 22.9 Å². The van der Waals surface area contributed by atoms with Gasteiger partial charge < -0.3 is 9.84 Å². The maximum absolute atomic E-state index is 9.80. The molecule has 2 heteroatoms. The Morgan fingerprint density at radius 2 is 1.63 bits per heavy atom. The van der Waals surface area contributed by atoms with Crippen molar-refractivity contribution < 1.29 is 9.84 Å². The molecule has 0 amide bonds. The third-order valence-electron chi connectivity index (χ3n) is 4.98. The minimum Gasteiger partial charge on any atom is -0.390 e. The molecule has 1 N–H and O–H groups in total. The fourth-order valence-corrected chi connectivity index (χ4v) is 3.67. The molecule has 2 fully saturated rings. The fourth-order valence-electron chi connectivity index (χ4n) is 3.67. The maximum Gasteiger partial charge on any atom is 0.113 e. The van der Waals surface area contributed by atoms with Crippen molar-refractivity contribution in [2.45, 2.75) is 108 Å². The van der Waals surface area contributed by atoms with Crippen molar-refractivity contribution >= 4 is 0 Å². The highest BCUT2D eigenvalue weighted by molar-refractivity contribution is 5.08. The van der Waals surface area contributed by atoms with Crippen molar-refractivity contribution in [1.82, 2.24) is 0 Å². The molecule has 3 atom stereocenters. The second kappa shape index (κ2) is 7.64. The van der Waals surface area contributed by atoms with Gasteiger partial charge in [0.25, 0.3) is 0 Å². The van der Waals surface area contributed by atoms with Crippen LogP contribution in [0.4, 0.5) is 0 Å². The number of fused-ring (bicyclic) bond motifs is 1. The molecule has 1 saturated carbocycles. The van der Waals surface area contributed by atoms with Crippen molar-refractivity contribution in [3.63, 3.8) is 0 Å². The molecular weight excluding hydrogens is 236 g/mol. The molecule has 0 aromatic heterocycles. The molecule has 0 unspecified atom stereocenters. The summed E-state index contributed by atoms with van der Waals surface area (Å²) in [5, 5.41) is 9.80. The second-order valence-corrected chi connectivity index (χ2v) is 6.64. The predicted molar refractivity (Wildman–Crippen MR) is 79.3 cm³/mol. The number of hydrogen-bond acceptors (Lipinski definition) is 2. The Morgan fingerprint density at radius 1 is 1.00 bits per heavy atom. The lowest BCUT2D eigenvalue weighted by Gasteiger charge is -2.20. The molecule has 112 valence electrons. The van der Waals surface area contributed by atoms with E-state index in [2.05, 4.69) is 6.92 Å². The first-order chi connectivity index (χ1) is 9.28. The normalized spacial score (nSPS) is 33.2. The highest BCUT2D eigenvalue weighted by Gasteiger charge is 2.60. The van der Waals surface area contributed by atoms with Gasteiger partial charge in [-0.15, -0.1) is 0 Å². The Bertz CT molecular complexity index is 254. The molecule has 1 aliphatic carbocycles. The average Bonchev–Trinajstić information content (AvgIpc) is 3.13. The Balaban J connectivity index is 1.43. The molecule has 2 aliphatic rings. The summed E-state index contributed by atoms with van der Waals surface area (Å²) in [4.78, 5) is 0. The van der Waals surface area contributed by atoms with Gasteiger partial charge in [-0.3, -0.25) is 0 Å². The van der Waals surface area contributed by atoms with Crippen LogP contribution in [0.3, 0.4) is 0 Å². The fraction of sp³-hybridized carbons (Fsp3) is 1.00. The molecule has 2 nitrogen and oxygen atoms in total. The SMILES string of the molecule is CCCCCCCCCCC[C@@]12CCC[C@H](O)[C@@H]1O2. The van der Waals surface area contributed by atoms with Gasteiger partial charge in [0.15, 0.2) is 0 Å². The van der Waals surface area contributed by atoms with E-state index in [0.717, 1.165) is 12.8 Å². The summed E-state index contributed by atoms with van der Waals surface area (Å²) in [5.41, 5.74) is 0.110. The van der Waals surface area contributed by atoms with Gasteiger partial charge in [0.2, 0.25) is 0 Å². The van der Waals surface area contributed by atoms with Crippen molar-refractivity contribution in [3.05, 3.63) is 0 Å². The van der Waals surface area contributed by atoms with Crippen LogP contribution < -0.4 is 0 Å². The molecular formula is C17H32O2. The Morgan fingerprint density at radius 3 is 2.32 bits per heavy atom. The zero-order valence-electron chi connectivity index (χ0n) is 12.7. The van der Waals surface area contributed by atoms with Crippen molar-refractivity contribution in [3.8, 4) is 0 Å². The van der Waals surface area contributed by atoms with Crippen LogP contribution in [-0.2, 0) is 4.74 Å². The zero-order valence-corrected chi connectivity index (χ0v) is 12.7. The highest BCUT2D eigenvalue weighted by atomic mass is 16.6. The van der Waals surface area contributed by atoms with Gasteiger partial charge in [0.1, 0.15) is 6.10 Å². The minimum atomic E-state index is -0.174. The van der Waals surface area contributed by atoms with Crippen LogP contribution >= 0.6 is 0 Å². The van der Waals surface area contributed by atoms with E-state index >= 15 is 0 Å². The summed E-state index contributed by atoms with van der Waals surface area (Å²) in [5.74, 6) is 0. The predicted octanol–water partition coefficient (Wildman–Crippen LogP) is 4.59. The van der Waals surface area contributed by atoms with E-state index in [1.807, 2.05) is 0 Å². The smallest absolute Gasteiger partial charge is 0.113 e. The third-order valence-corrected chi connectivity index (χ3v) is 4.98. The first kappa shape index (κ1) is 15.3. The topological polar surface area (TPSA) is 32.8 Å². The van der Waals surface area contributed by atoms with Crippen LogP contribution in [0.1, 0.15) is 90.4 Å².